The molecule has 0 radical (unpaired) electrons. The maximum Gasteiger partial charge on any atom is 0.154 e. The number of nitrogens with zero attached hydrogens (tertiary/aromatic N) is 4. The number of anilines is 1. The molecule has 5 nitrogen and oxygen atoms in total. The van der Waals surface area contributed by atoms with Gasteiger partial charge in [0.2, 0.25) is 0 Å². The monoisotopic (exact) mass is 232 g/mol. The molecular formula is C12H16N4O. The van der Waals surface area contributed by atoms with Crippen LogP contribution < -0.4 is 5.01 Å². The first-order chi connectivity index (χ1) is 8.21. The van der Waals surface area contributed by atoms with Crippen molar-refractivity contribution in [3.63, 3.8) is 0 Å². The van der Waals surface area contributed by atoms with E-state index in [9.17, 15) is 4.79 Å². The van der Waals surface area contributed by atoms with Crippen LogP contribution in [-0.4, -0.2) is 17.3 Å². The van der Waals surface area contributed by atoms with Crippen molar-refractivity contribution in [3.05, 3.63) is 36.7 Å². The van der Waals surface area contributed by atoms with Crippen molar-refractivity contribution in [1.82, 2.24) is 4.98 Å². The van der Waals surface area contributed by atoms with Gasteiger partial charge in [-0.25, -0.2) is 9.99 Å². The highest BCUT2D eigenvalue weighted by Gasteiger charge is 2.03. The van der Waals surface area contributed by atoms with Crippen LogP contribution in [0.25, 0.3) is 0 Å². The van der Waals surface area contributed by atoms with Crippen molar-refractivity contribution in [1.29, 1.82) is 0 Å². The summed E-state index contributed by atoms with van der Waals surface area (Å²) in [6, 6.07) is 3.53. The highest BCUT2D eigenvalue weighted by atomic mass is 16.1. The summed E-state index contributed by atoms with van der Waals surface area (Å²) < 4.78 is 0. The summed E-state index contributed by atoms with van der Waals surface area (Å²) in [6.45, 7) is 7.67. The lowest BCUT2D eigenvalue weighted by atomic mass is 10.3. The molecule has 1 aromatic heterocycles. The van der Waals surface area contributed by atoms with E-state index in [0.29, 0.717) is 11.4 Å². The van der Waals surface area contributed by atoms with Gasteiger partial charge in [0.1, 0.15) is 0 Å². The summed E-state index contributed by atoms with van der Waals surface area (Å²) in [6.07, 6.45) is 4.67. The molecule has 0 fully saturated rings. The van der Waals surface area contributed by atoms with Crippen molar-refractivity contribution < 1.29 is 4.79 Å². The van der Waals surface area contributed by atoms with Gasteiger partial charge in [-0.05, 0) is 25.5 Å². The zero-order valence-electron chi connectivity index (χ0n) is 10.1. The van der Waals surface area contributed by atoms with Crippen LogP contribution in [0.1, 0.15) is 30.6 Å². The molecule has 1 heterocycles. The first-order valence-electron chi connectivity index (χ1n) is 5.45. The number of pyridine rings is 1. The summed E-state index contributed by atoms with van der Waals surface area (Å²) in [4.78, 5) is 14.6. The predicted molar refractivity (Wildman–Crippen MR) is 66.9 cm³/mol. The third kappa shape index (κ3) is 3.79. The van der Waals surface area contributed by atoms with Crippen molar-refractivity contribution in [3.8, 4) is 0 Å². The third-order valence-corrected chi connectivity index (χ3v) is 2.25. The summed E-state index contributed by atoms with van der Waals surface area (Å²) in [5, 5.41) is 9.60. The second-order valence-corrected chi connectivity index (χ2v) is 3.56. The molecule has 1 atom stereocenters. The topological polar surface area (TPSA) is 57.9 Å². The lowest BCUT2D eigenvalue weighted by molar-refractivity contribution is 0.112. The van der Waals surface area contributed by atoms with E-state index in [-0.39, 0.29) is 6.04 Å². The van der Waals surface area contributed by atoms with Gasteiger partial charge in [-0.3, -0.25) is 4.79 Å². The Bertz CT molecular complexity index is 399. The van der Waals surface area contributed by atoms with Crippen LogP contribution in [-0.2, 0) is 0 Å². The number of carbonyl (C=O) groups is 1. The van der Waals surface area contributed by atoms with Gasteiger partial charge in [-0.1, -0.05) is 18.7 Å². The van der Waals surface area contributed by atoms with Crippen molar-refractivity contribution >= 4 is 12.1 Å². The predicted octanol–water partition coefficient (Wildman–Crippen LogP) is 3.01. The van der Waals surface area contributed by atoms with Crippen LogP contribution in [0.5, 0.6) is 0 Å². The number of aromatic nitrogens is 1. The average molecular weight is 232 g/mol. The fourth-order valence-corrected chi connectivity index (χ4v) is 1.00. The summed E-state index contributed by atoms with van der Waals surface area (Å²) in [5.41, 5.74) is 0.525. The van der Waals surface area contributed by atoms with E-state index in [0.717, 1.165) is 12.7 Å². The van der Waals surface area contributed by atoms with Crippen LogP contribution in [0, 0.1) is 0 Å². The molecule has 0 N–H and O–H groups in total. The Balaban J connectivity index is 2.82. The molecule has 1 unspecified atom stereocenters. The largest absolute Gasteiger partial charge is 0.298 e. The van der Waals surface area contributed by atoms with Gasteiger partial charge in [0.25, 0.3) is 0 Å². The Morgan fingerprint density at radius 1 is 1.59 bits per heavy atom. The zero-order chi connectivity index (χ0) is 12.7. The number of hydrogen-bond acceptors (Lipinski definition) is 4. The molecule has 17 heavy (non-hydrogen) atoms. The summed E-state index contributed by atoms with van der Waals surface area (Å²) in [5.74, 6) is 0.581. The standard InChI is InChI=1S/C12H16N4O/c1-4-10(3)14-15-16(5-2)12-7-6-11(9-17)8-13-12/h5-10H,2,4H2,1,3H3. The molecule has 5 heteroatoms. The van der Waals surface area contributed by atoms with Gasteiger partial charge in [-0.15, -0.1) is 0 Å². The molecule has 0 aliphatic rings. The van der Waals surface area contributed by atoms with Crippen LogP contribution in [0.4, 0.5) is 5.82 Å². The Morgan fingerprint density at radius 3 is 2.82 bits per heavy atom. The lowest BCUT2D eigenvalue weighted by Gasteiger charge is -2.11. The Labute approximate surface area is 101 Å². The second kappa shape index (κ2) is 6.52. The van der Waals surface area contributed by atoms with Crippen LogP contribution in [0.15, 0.2) is 41.4 Å². The lowest BCUT2D eigenvalue weighted by Crippen LogP contribution is -2.09. The molecule has 0 saturated heterocycles. The van der Waals surface area contributed by atoms with E-state index in [4.69, 9.17) is 0 Å². The highest BCUT2D eigenvalue weighted by Crippen LogP contribution is 2.12. The first kappa shape index (κ1) is 13.0. The van der Waals surface area contributed by atoms with Crippen LogP contribution in [0.3, 0.4) is 0 Å². The smallest absolute Gasteiger partial charge is 0.154 e. The zero-order valence-corrected chi connectivity index (χ0v) is 10.1. The van der Waals surface area contributed by atoms with E-state index in [2.05, 4.69) is 21.9 Å². The Kier molecular flexibility index (Phi) is 5.00. The fraction of sp³-hybridized carbons (Fsp3) is 0.333. The molecule has 0 bridgehead atoms. The Hall–Kier alpha value is -2.04. The van der Waals surface area contributed by atoms with E-state index in [1.165, 1.54) is 17.4 Å². The Morgan fingerprint density at radius 2 is 2.35 bits per heavy atom. The number of hydrogen-bond donors (Lipinski definition) is 0. The molecule has 0 aliphatic carbocycles. The highest BCUT2D eigenvalue weighted by molar-refractivity contribution is 5.74. The van der Waals surface area contributed by atoms with Gasteiger partial charge in [-0.2, -0.15) is 5.11 Å². The van der Waals surface area contributed by atoms with Crippen LogP contribution in [0.2, 0.25) is 0 Å². The minimum absolute atomic E-state index is 0.159. The SMILES string of the molecule is C=CN(N=NC(C)CC)c1ccc(C=O)cn1. The van der Waals surface area contributed by atoms with Gasteiger partial charge >= 0.3 is 0 Å². The molecule has 0 amide bonds. The molecule has 0 aliphatic heterocycles. The van der Waals surface area contributed by atoms with Crippen molar-refractivity contribution in [2.45, 2.75) is 26.3 Å². The normalized spacial score (nSPS) is 12.4. The third-order valence-electron chi connectivity index (χ3n) is 2.25. The van der Waals surface area contributed by atoms with E-state index < -0.39 is 0 Å². The maximum atomic E-state index is 10.5. The van der Waals surface area contributed by atoms with Gasteiger partial charge < -0.3 is 0 Å². The molecule has 1 rings (SSSR count). The van der Waals surface area contributed by atoms with Gasteiger partial charge in [0, 0.05) is 18.0 Å². The molecule has 0 saturated carbocycles. The average Bonchev–Trinajstić information content (AvgIpc) is 2.39. The first-order valence-corrected chi connectivity index (χ1v) is 5.45. The fourth-order valence-electron chi connectivity index (χ4n) is 1.00. The van der Waals surface area contributed by atoms with Crippen molar-refractivity contribution in [2.75, 3.05) is 5.01 Å². The minimum atomic E-state index is 0.159. The van der Waals surface area contributed by atoms with Gasteiger partial charge in [0.05, 0.1) is 6.04 Å². The number of rotatable bonds is 6. The molecule has 0 spiro atoms. The maximum absolute atomic E-state index is 10.5. The van der Waals surface area contributed by atoms with E-state index >= 15 is 0 Å². The summed E-state index contributed by atoms with van der Waals surface area (Å²) >= 11 is 0. The minimum Gasteiger partial charge on any atom is -0.298 e. The molecule has 0 aromatic carbocycles. The van der Waals surface area contributed by atoms with Gasteiger partial charge in [0.15, 0.2) is 12.1 Å². The quantitative estimate of drug-likeness (QED) is 0.430. The van der Waals surface area contributed by atoms with E-state index in [1.807, 2.05) is 13.8 Å². The molecular weight excluding hydrogens is 216 g/mol. The summed E-state index contributed by atoms with van der Waals surface area (Å²) in [7, 11) is 0. The molecule has 1 aromatic rings. The number of aldehydes is 1. The second-order valence-electron chi connectivity index (χ2n) is 3.56. The van der Waals surface area contributed by atoms with E-state index in [1.54, 1.807) is 12.1 Å². The molecule has 90 valence electrons. The number of carbonyl (C=O) groups excluding carboxylic acids is 1. The van der Waals surface area contributed by atoms with Crippen molar-refractivity contribution in [2.24, 2.45) is 10.3 Å². The van der Waals surface area contributed by atoms with Crippen LogP contribution >= 0.6 is 0 Å².